The van der Waals surface area contributed by atoms with Crippen molar-refractivity contribution in [2.45, 2.75) is 12.5 Å². The van der Waals surface area contributed by atoms with Crippen LogP contribution in [0, 0.1) is 5.82 Å². The fourth-order valence-electron chi connectivity index (χ4n) is 1.68. The molecule has 0 aromatic heterocycles. The van der Waals surface area contributed by atoms with Gasteiger partial charge in [0.2, 0.25) is 0 Å². The molecule has 0 spiro atoms. The van der Waals surface area contributed by atoms with E-state index in [1.807, 2.05) is 0 Å². The molecule has 0 saturated carbocycles. The number of para-hydroxylation sites is 1. The molecule has 2 rings (SSSR count). The van der Waals surface area contributed by atoms with Crippen LogP contribution in [0.1, 0.15) is 6.42 Å². The Morgan fingerprint density at radius 1 is 1.50 bits per heavy atom. The second-order valence-corrected chi connectivity index (χ2v) is 3.80. The van der Waals surface area contributed by atoms with Crippen LogP contribution >= 0.6 is 0 Å². The summed E-state index contributed by atoms with van der Waals surface area (Å²) in [5.41, 5.74) is 0.161. The van der Waals surface area contributed by atoms with E-state index in [0.29, 0.717) is 19.5 Å². The van der Waals surface area contributed by atoms with E-state index < -0.39 is 11.9 Å². The zero-order chi connectivity index (χ0) is 11.5. The van der Waals surface area contributed by atoms with Crippen molar-refractivity contribution in [1.29, 1.82) is 0 Å². The quantitative estimate of drug-likeness (QED) is 0.758. The first-order valence-electron chi connectivity index (χ1n) is 5.15. The van der Waals surface area contributed by atoms with Gasteiger partial charge >= 0.3 is 6.03 Å². The number of hydrogen-bond acceptors (Lipinski definition) is 2. The topological polar surface area (TPSA) is 52.6 Å². The molecule has 2 N–H and O–H groups in total. The Labute approximate surface area is 92.7 Å². The molecule has 0 unspecified atom stereocenters. The second kappa shape index (κ2) is 4.49. The van der Waals surface area contributed by atoms with Crippen LogP contribution in [-0.4, -0.2) is 35.2 Å². The highest BCUT2D eigenvalue weighted by molar-refractivity contribution is 5.89. The van der Waals surface area contributed by atoms with Crippen molar-refractivity contribution >= 4 is 11.7 Å². The molecule has 16 heavy (non-hydrogen) atoms. The molecule has 1 atom stereocenters. The monoisotopic (exact) mass is 224 g/mol. The number of carbonyl (C=O) groups is 1. The normalized spacial score (nSPS) is 19.9. The first-order valence-corrected chi connectivity index (χ1v) is 5.15. The Morgan fingerprint density at radius 3 is 2.88 bits per heavy atom. The summed E-state index contributed by atoms with van der Waals surface area (Å²) in [5.74, 6) is -0.462. The minimum atomic E-state index is -0.466. The Morgan fingerprint density at radius 2 is 2.25 bits per heavy atom. The summed E-state index contributed by atoms with van der Waals surface area (Å²) in [4.78, 5) is 13.1. The van der Waals surface area contributed by atoms with Gasteiger partial charge in [-0.3, -0.25) is 0 Å². The first kappa shape index (κ1) is 10.9. The van der Waals surface area contributed by atoms with Crippen LogP contribution in [0.5, 0.6) is 0 Å². The van der Waals surface area contributed by atoms with Gasteiger partial charge in [-0.05, 0) is 18.6 Å². The van der Waals surface area contributed by atoms with Crippen molar-refractivity contribution in [1.82, 2.24) is 4.90 Å². The molecule has 86 valence electrons. The van der Waals surface area contributed by atoms with E-state index in [1.165, 1.54) is 17.0 Å². The molecule has 1 aromatic rings. The smallest absolute Gasteiger partial charge is 0.322 e. The molecule has 0 radical (unpaired) electrons. The van der Waals surface area contributed by atoms with Gasteiger partial charge in [-0.15, -0.1) is 0 Å². The van der Waals surface area contributed by atoms with Crippen molar-refractivity contribution in [2.75, 3.05) is 18.4 Å². The van der Waals surface area contributed by atoms with Gasteiger partial charge in [0, 0.05) is 13.1 Å². The van der Waals surface area contributed by atoms with Gasteiger partial charge in [0.15, 0.2) is 0 Å². The van der Waals surface area contributed by atoms with E-state index in [-0.39, 0.29) is 11.7 Å². The molecule has 0 bridgehead atoms. The Hall–Kier alpha value is -1.62. The summed E-state index contributed by atoms with van der Waals surface area (Å²) in [6, 6.07) is 5.62. The van der Waals surface area contributed by atoms with Crippen LogP contribution in [0.3, 0.4) is 0 Å². The largest absolute Gasteiger partial charge is 0.391 e. The van der Waals surface area contributed by atoms with Gasteiger partial charge in [-0.25, -0.2) is 9.18 Å². The number of halogens is 1. The third kappa shape index (κ3) is 2.30. The third-order valence-corrected chi connectivity index (χ3v) is 2.57. The molecule has 1 saturated heterocycles. The summed E-state index contributed by atoms with van der Waals surface area (Å²) in [7, 11) is 0. The van der Waals surface area contributed by atoms with E-state index in [9.17, 15) is 14.3 Å². The zero-order valence-electron chi connectivity index (χ0n) is 8.69. The van der Waals surface area contributed by atoms with Crippen LogP contribution < -0.4 is 5.32 Å². The number of amides is 2. The lowest BCUT2D eigenvalue weighted by atomic mass is 10.3. The number of carbonyl (C=O) groups excluding carboxylic acids is 1. The Balaban J connectivity index is 2.00. The highest BCUT2D eigenvalue weighted by Crippen LogP contribution is 2.15. The number of urea groups is 1. The molecule has 1 heterocycles. The van der Waals surface area contributed by atoms with Crippen molar-refractivity contribution in [3.63, 3.8) is 0 Å². The highest BCUT2D eigenvalue weighted by Gasteiger charge is 2.24. The molecular weight excluding hydrogens is 211 g/mol. The summed E-state index contributed by atoms with van der Waals surface area (Å²) in [6.07, 6.45) is 0.108. The first-order chi connectivity index (χ1) is 7.66. The minimum absolute atomic E-state index is 0.161. The molecule has 1 aliphatic heterocycles. The second-order valence-electron chi connectivity index (χ2n) is 3.80. The van der Waals surface area contributed by atoms with E-state index in [0.717, 1.165) is 0 Å². The molecule has 1 aliphatic rings. The minimum Gasteiger partial charge on any atom is -0.391 e. The molecule has 1 fully saturated rings. The maximum Gasteiger partial charge on any atom is 0.322 e. The van der Waals surface area contributed by atoms with Crippen molar-refractivity contribution in [2.24, 2.45) is 0 Å². The van der Waals surface area contributed by atoms with E-state index >= 15 is 0 Å². The van der Waals surface area contributed by atoms with Crippen molar-refractivity contribution in [3.05, 3.63) is 30.1 Å². The highest BCUT2D eigenvalue weighted by atomic mass is 19.1. The molecular formula is C11H13FN2O2. The van der Waals surface area contributed by atoms with Crippen LogP contribution in [0.15, 0.2) is 24.3 Å². The Bertz CT molecular complexity index is 397. The van der Waals surface area contributed by atoms with Crippen molar-refractivity contribution < 1.29 is 14.3 Å². The molecule has 2 amide bonds. The number of hydrogen-bond donors (Lipinski definition) is 2. The lowest BCUT2D eigenvalue weighted by Crippen LogP contribution is -2.33. The third-order valence-electron chi connectivity index (χ3n) is 2.57. The number of anilines is 1. The fourth-order valence-corrected chi connectivity index (χ4v) is 1.68. The number of aliphatic hydroxyl groups excluding tert-OH is 1. The maximum absolute atomic E-state index is 13.2. The fraction of sp³-hybridized carbons (Fsp3) is 0.364. The van der Waals surface area contributed by atoms with E-state index in [1.54, 1.807) is 12.1 Å². The summed E-state index contributed by atoms with van der Waals surface area (Å²) in [5, 5.41) is 11.7. The molecule has 5 heteroatoms. The number of rotatable bonds is 1. The van der Waals surface area contributed by atoms with Crippen LogP contribution in [-0.2, 0) is 0 Å². The maximum atomic E-state index is 13.2. The zero-order valence-corrected chi connectivity index (χ0v) is 8.69. The van der Waals surface area contributed by atoms with Crippen LogP contribution in [0.2, 0.25) is 0 Å². The number of aliphatic hydroxyl groups is 1. The average Bonchev–Trinajstić information content (AvgIpc) is 2.68. The SMILES string of the molecule is O=C(Nc1ccccc1F)N1CC[C@H](O)C1. The molecule has 4 nitrogen and oxygen atoms in total. The predicted octanol–water partition coefficient (Wildman–Crippen LogP) is 1.42. The Kier molecular flexibility index (Phi) is 3.05. The predicted molar refractivity (Wildman–Crippen MR) is 57.6 cm³/mol. The lowest BCUT2D eigenvalue weighted by Gasteiger charge is -2.16. The summed E-state index contributed by atoms with van der Waals surface area (Å²) < 4.78 is 13.2. The van der Waals surface area contributed by atoms with Gasteiger partial charge in [-0.1, -0.05) is 12.1 Å². The number of benzene rings is 1. The average molecular weight is 224 g/mol. The number of β-amino-alcohol motifs (C(OH)–C–C–N with tert-alkyl or cyclic N) is 1. The van der Waals surface area contributed by atoms with E-state index in [2.05, 4.69) is 5.32 Å². The van der Waals surface area contributed by atoms with Crippen molar-refractivity contribution in [3.8, 4) is 0 Å². The van der Waals surface area contributed by atoms with Gasteiger partial charge < -0.3 is 15.3 Å². The van der Waals surface area contributed by atoms with Crippen LogP contribution in [0.25, 0.3) is 0 Å². The van der Waals surface area contributed by atoms with Gasteiger partial charge in [0.05, 0.1) is 11.8 Å². The van der Waals surface area contributed by atoms with Gasteiger partial charge in [0.1, 0.15) is 5.82 Å². The van der Waals surface area contributed by atoms with E-state index in [4.69, 9.17) is 0 Å². The van der Waals surface area contributed by atoms with Gasteiger partial charge in [-0.2, -0.15) is 0 Å². The summed E-state index contributed by atoms with van der Waals surface area (Å²) >= 11 is 0. The van der Waals surface area contributed by atoms with Crippen LogP contribution in [0.4, 0.5) is 14.9 Å². The molecule has 0 aliphatic carbocycles. The lowest BCUT2D eigenvalue weighted by molar-refractivity contribution is 0.176. The standard InChI is InChI=1S/C11H13FN2O2/c12-9-3-1-2-4-10(9)13-11(16)14-6-5-8(15)7-14/h1-4,8,15H,5-7H2,(H,13,16)/t8-/m0/s1. The molecule has 1 aromatic carbocycles. The number of likely N-dealkylation sites (tertiary alicyclic amines) is 1. The number of nitrogens with zero attached hydrogens (tertiary/aromatic N) is 1. The summed E-state index contributed by atoms with van der Waals surface area (Å²) in [6.45, 7) is 0.807. The van der Waals surface area contributed by atoms with Gasteiger partial charge in [0.25, 0.3) is 0 Å². The number of nitrogens with one attached hydrogen (secondary N) is 1.